The van der Waals surface area contributed by atoms with Crippen LogP contribution in [0.15, 0.2) is 47.5 Å². The molecule has 2 aromatic rings. The highest BCUT2D eigenvalue weighted by atomic mass is 35.5. The molecule has 0 aliphatic rings. The molecule has 2 rings (SSSR count). The highest BCUT2D eigenvalue weighted by molar-refractivity contribution is 6.33. The maximum absolute atomic E-state index is 6.17. The minimum absolute atomic E-state index is 0.0777. The van der Waals surface area contributed by atoms with E-state index in [9.17, 15) is 0 Å². The van der Waals surface area contributed by atoms with Crippen molar-refractivity contribution in [1.82, 2.24) is 0 Å². The number of para-hydroxylation sites is 1. The summed E-state index contributed by atoms with van der Waals surface area (Å²) in [5.41, 5.74) is 1.84. The van der Waals surface area contributed by atoms with Gasteiger partial charge in [-0.25, -0.2) is 0 Å². The van der Waals surface area contributed by atoms with E-state index < -0.39 is 0 Å². The lowest BCUT2D eigenvalue weighted by Crippen LogP contribution is -1.94. The van der Waals surface area contributed by atoms with Crippen LogP contribution in [0.3, 0.4) is 0 Å². The largest absolute Gasteiger partial charge is 0.496 e. The number of nitrogens with zero attached hydrogens (tertiary/aromatic N) is 1. The van der Waals surface area contributed by atoms with E-state index in [0.717, 1.165) is 16.9 Å². The summed E-state index contributed by atoms with van der Waals surface area (Å²) < 4.78 is 5.29. The van der Waals surface area contributed by atoms with E-state index in [0.29, 0.717) is 10.0 Å². The molecule has 0 aromatic heterocycles. The van der Waals surface area contributed by atoms with Crippen LogP contribution in [-0.2, 0) is 0 Å². The van der Waals surface area contributed by atoms with Gasteiger partial charge in [-0.2, -0.15) is 0 Å². The van der Waals surface area contributed by atoms with E-state index in [4.69, 9.17) is 27.9 Å². The van der Waals surface area contributed by atoms with Gasteiger partial charge >= 0.3 is 0 Å². The Morgan fingerprint density at radius 3 is 2.65 bits per heavy atom. The molecule has 0 aliphatic carbocycles. The summed E-state index contributed by atoms with van der Waals surface area (Å²) in [6, 6.07) is 13.0. The molecular weight excluding hydrogens is 293 g/mol. The molecule has 0 saturated carbocycles. The van der Waals surface area contributed by atoms with Gasteiger partial charge in [0.1, 0.15) is 5.75 Å². The number of ether oxygens (including phenoxy) is 1. The second-order valence-corrected chi connectivity index (χ2v) is 5.21. The molecule has 0 radical (unpaired) electrons. The van der Waals surface area contributed by atoms with Crippen molar-refractivity contribution in [3.05, 3.63) is 63.6 Å². The summed E-state index contributed by atoms with van der Waals surface area (Å²) in [4.78, 5) is 4.53. The van der Waals surface area contributed by atoms with Gasteiger partial charge in [0, 0.05) is 21.8 Å². The predicted octanol–water partition coefficient (Wildman–Crippen LogP) is 5.18. The maximum Gasteiger partial charge on any atom is 0.127 e. The molecule has 0 heterocycles. The van der Waals surface area contributed by atoms with Gasteiger partial charge in [0.15, 0.2) is 0 Å². The molecule has 2 aromatic carbocycles. The summed E-state index contributed by atoms with van der Waals surface area (Å²) >= 11 is 12.2. The minimum Gasteiger partial charge on any atom is -0.496 e. The van der Waals surface area contributed by atoms with Gasteiger partial charge in [-0.15, -0.1) is 0 Å². The molecule has 0 bridgehead atoms. The van der Waals surface area contributed by atoms with Crippen molar-refractivity contribution >= 4 is 29.4 Å². The highest BCUT2D eigenvalue weighted by Crippen LogP contribution is 2.28. The van der Waals surface area contributed by atoms with Crippen LogP contribution in [-0.4, -0.2) is 13.3 Å². The summed E-state index contributed by atoms with van der Waals surface area (Å²) in [5, 5.41) is 1.32. The van der Waals surface area contributed by atoms with Crippen LogP contribution in [0, 0.1) is 0 Å². The third-order valence-corrected chi connectivity index (χ3v) is 3.56. The van der Waals surface area contributed by atoms with Gasteiger partial charge < -0.3 is 4.74 Å². The highest BCUT2D eigenvalue weighted by Gasteiger charge is 2.08. The lowest BCUT2D eigenvalue weighted by atomic mass is 10.1. The fourth-order valence-electron chi connectivity index (χ4n) is 1.88. The first-order valence-corrected chi connectivity index (χ1v) is 6.98. The Kier molecular flexibility index (Phi) is 5.05. The lowest BCUT2D eigenvalue weighted by molar-refractivity contribution is 0.414. The molecule has 0 aliphatic heterocycles. The summed E-state index contributed by atoms with van der Waals surface area (Å²) in [5.74, 6) is 0.792. The van der Waals surface area contributed by atoms with Crippen LogP contribution in [0.25, 0.3) is 0 Å². The molecule has 0 fully saturated rings. The van der Waals surface area contributed by atoms with Gasteiger partial charge in [-0.1, -0.05) is 35.3 Å². The first kappa shape index (κ1) is 14.9. The van der Waals surface area contributed by atoms with Crippen LogP contribution >= 0.6 is 23.2 Å². The lowest BCUT2D eigenvalue weighted by Gasteiger charge is -2.10. The minimum atomic E-state index is -0.0777. The van der Waals surface area contributed by atoms with Gasteiger partial charge in [-0.3, -0.25) is 4.99 Å². The molecule has 0 saturated heterocycles. The quantitative estimate of drug-likeness (QED) is 0.713. The normalized spacial score (nSPS) is 12.6. The van der Waals surface area contributed by atoms with Crippen molar-refractivity contribution in [1.29, 1.82) is 0 Å². The van der Waals surface area contributed by atoms with E-state index >= 15 is 0 Å². The Labute approximate surface area is 129 Å². The zero-order valence-electron chi connectivity index (χ0n) is 11.3. The van der Waals surface area contributed by atoms with Crippen molar-refractivity contribution in [3.8, 4) is 5.75 Å². The van der Waals surface area contributed by atoms with Gasteiger partial charge in [0.05, 0.1) is 13.2 Å². The number of halogens is 2. The zero-order valence-corrected chi connectivity index (χ0v) is 12.8. The molecule has 0 spiro atoms. The predicted molar refractivity (Wildman–Crippen MR) is 85.5 cm³/mol. The number of methoxy groups -OCH3 is 1. The third kappa shape index (κ3) is 3.53. The van der Waals surface area contributed by atoms with Crippen molar-refractivity contribution in [2.75, 3.05) is 7.11 Å². The Morgan fingerprint density at radius 2 is 1.90 bits per heavy atom. The van der Waals surface area contributed by atoms with E-state index in [-0.39, 0.29) is 6.04 Å². The Hall–Kier alpha value is -1.51. The van der Waals surface area contributed by atoms with E-state index in [1.165, 1.54) is 0 Å². The van der Waals surface area contributed by atoms with Crippen LogP contribution < -0.4 is 4.74 Å². The average molecular weight is 308 g/mol. The number of hydrogen-bond donors (Lipinski definition) is 0. The van der Waals surface area contributed by atoms with Crippen molar-refractivity contribution in [2.45, 2.75) is 13.0 Å². The van der Waals surface area contributed by atoms with E-state index in [1.807, 2.05) is 37.3 Å². The van der Waals surface area contributed by atoms with Crippen LogP contribution in [0.1, 0.15) is 24.1 Å². The number of aliphatic imine (C=N–C) groups is 1. The smallest absolute Gasteiger partial charge is 0.127 e. The summed E-state index contributed by atoms with van der Waals surface area (Å²) in [6.07, 6.45) is 1.79. The maximum atomic E-state index is 6.17. The van der Waals surface area contributed by atoms with Gasteiger partial charge in [0.25, 0.3) is 0 Å². The van der Waals surface area contributed by atoms with Crippen LogP contribution in [0.4, 0.5) is 0 Å². The fourth-order valence-corrected chi connectivity index (χ4v) is 2.34. The Bertz CT molecular complexity index is 626. The second-order valence-electron chi connectivity index (χ2n) is 4.36. The van der Waals surface area contributed by atoms with Gasteiger partial charge in [-0.05, 0) is 42.8 Å². The molecule has 1 unspecified atom stereocenters. The number of benzene rings is 2. The van der Waals surface area contributed by atoms with Crippen LogP contribution in [0.2, 0.25) is 10.0 Å². The topological polar surface area (TPSA) is 21.6 Å². The van der Waals surface area contributed by atoms with Crippen LogP contribution in [0.5, 0.6) is 5.75 Å². The van der Waals surface area contributed by atoms with Crippen molar-refractivity contribution < 1.29 is 4.74 Å². The molecule has 4 heteroatoms. The molecule has 0 N–H and O–H groups in total. The summed E-state index contributed by atoms with van der Waals surface area (Å²) in [7, 11) is 1.64. The zero-order chi connectivity index (χ0) is 14.5. The summed E-state index contributed by atoms with van der Waals surface area (Å²) in [6.45, 7) is 1.98. The molecule has 20 heavy (non-hydrogen) atoms. The molecule has 0 amide bonds. The van der Waals surface area contributed by atoms with E-state index in [1.54, 1.807) is 25.5 Å². The first-order valence-electron chi connectivity index (χ1n) is 6.23. The average Bonchev–Trinajstić information content (AvgIpc) is 2.47. The van der Waals surface area contributed by atoms with Gasteiger partial charge in [0.2, 0.25) is 0 Å². The Morgan fingerprint density at radius 1 is 1.15 bits per heavy atom. The first-order chi connectivity index (χ1) is 9.61. The number of hydrogen-bond acceptors (Lipinski definition) is 2. The van der Waals surface area contributed by atoms with Crippen molar-refractivity contribution in [3.63, 3.8) is 0 Å². The molecule has 2 nitrogen and oxygen atoms in total. The third-order valence-electron chi connectivity index (χ3n) is 2.98. The monoisotopic (exact) mass is 307 g/mol. The molecule has 104 valence electrons. The fraction of sp³-hybridized carbons (Fsp3) is 0.188. The molecular formula is C16H15Cl2NO. The second kappa shape index (κ2) is 6.78. The number of rotatable bonds is 4. The molecule has 1 atom stereocenters. The standard InChI is InChI=1S/C16H15Cl2NO/c1-11(14-9-13(17)7-8-15(14)18)19-10-12-5-3-4-6-16(12)20-2/h3-11H,1-2H3/b19-10-. The van der Waals surface area contributed by atoms with Crippen molar-refractivity contribution in [2.24, 2.45) is 4.99 Å². The van der Waals surface area contributed by atoms with E-state index in [2.05, 4.69) is 4.99 Å². The Balaban J connectivity index is 2.24. The SMILES string of the molecule is COc1ccccc1/C=N\C(C)c1cc(Cl)ccc1Cl.